The van der Waals surface area contributed by atoms with E-state index in [-0.39, 0.29) is 11.9 Å². The summed E-state index contributed by atoms with van der Waals surface area (Å²) in [5.41, 5.74) is 7.20. The van der Waals surface area contributed by atoms with Crippen molar-refractivity contribution in [3.8, 4) is 5.69 Å². The summed E-state index contributed by atoms with van der Waals surface area (Å²) in [7, 11) is 0. The fourth-order valence-corrected chi connectivity index (χ4v) is 1.70. The fourth-order valence-electron chi connectivity index (χ4n) is 1.70. The first-order chi connectivity index (χ1) is 9.16. The van der Waals surface area contributed by atoms with Gasteiger partial charge in [0.15, 0.2) is 0 Å². The van der Waals surface area contributed by atoms with Crippen LogP contribution in [-0.2, 0) is 0 Å². The zero-order valence-electron chi connectivity index (χ0n) is 10.9. The van der Waals surface area contributed by atoms with Crippen molar-refractivity contribution >= 4 is 5.91 Å². The largest absolute Gasteiger partial charge is 0.352 e. The minimum atomic E-state index is -0.0762. The van der Waals surface area contributed by atoms with Crippen molar-refractivity contribution in [2.24, 2.45) is 5.73 Å². The number of carbonyl (C=O) groups is 1. The molecule has 0 saturated heterocycles. The van der Waals surface area contributed by atoms with Gasteiger partial charge in [-0.3, -0.25) is 4.79 Å². The molecule has 19 heavy (non-hydrogen) atoms. The van der Waals surface area contributed by atoms with Crippen molar-refractivity contribution in [2.45, 2.75) is 19.4 Å². The van der Waals surface area contributed by atoms with Crippen molar-refractivity contribution in [3.05, 3.63) is 48.3 Å². The van der Waals surface area contributed by atoms with Crippen LogP contribution in [0.3, 0.4) is 0 Å². The Morgan fingerprint density at radius 2 is 2.16 bits per heavy atom. The highest BCUT2D eigenvalue weighted by Gasteiger charge is 2.05. The van der Waals surface area contributed by atoms with E-state index >= 15 is 0 Å². The van der Waals surface area contributed by atoms with Gasteiger partial charge in [0, 0.05) is 30.5 Å². The molecule has 0 radical (unpaired) electrons. The highest BCUT2D eigenvalue weighted by atomic mass is 16.1. The van der Waals surface area contributed by atoms with Crippen molar-refractivity contribution in [1.29, 1.82) is 0 Å². The van der Waals surface area contributed by atoms with Crippen molar-refractivity contribution in [2.75, 3.05) is 6.54 Å². The average Bonchev–Trinajstić information content (AvgIpc) is 2.92. The van der Waals surface area contributed by atoms with E-state index in [2.05, 4.69) is 10.4 Å². The number of rotatable bonds is 5. The van der Waals surface area contributed by atoms with Crippen LogP contribution in [0.15, 0.2) is 42.7 Å². The van der Waals surface area contributed by atoms with Crippen LogP contribution in [0, 0.1) is 0 Å². The second-order valence-corrected chi connectivity index (χ2v) is 4.52. The molecular weight excluding hydrogens is 240 g/mol. The maximum Gasteiger partial charge on any atom is 0.251 e. The highest BCUT2D eigenvalue weighted by molar-refractivity contribution is 5.94. The zero-order chi connectivity index (χ0) is 13.7. The van der Waals surface area contributed by atoms with Gasteiger partial charge in [0.2, 0.25) is 0 Å². The topological polar surface area (TPSA) is 72.9 Å². The Bertz CT molecular complexity index is 517. The average molecular weight is 258 g/mol. The summed E-state index contributed by atoms with van der Waals surface area (Å²) < 4.78 is 1.75. The van der Waals surface area contributed by atoms with Gasteiger partial charge in [-0.1, -0.05) is 0 Å². The number of hydrogen-bond donors (Lipinski definition) is 2. The van der Waals surface area contributed by atoms with E-state index in [1.165, 1.54) is 0 Å². The molecule has 0 aliphatic heterocycles. The smallest absolute Gasteiger partial charge is 0.251 e. The molecule has 2 aromatic rings. The first kappa shape index (κ1) is 13.3. The lowest BCUT2D eigenvalue weighted by atomic mass is 10.2. The normalized spacial score (nSPS) is 12.1. The molecule has 0 bridgehead atoms. The molecule has 3 N–H and O–H groups in total. The van der Waals surface area contributed by atoms with Gasteiger partial charge in [0.05, 0.1) is 5.69 Å². The second kappa shape index (κ2) is 6.15. The van der Waals surface area contributed by atoms with Crippen molar-refractivity contribution < 1.29 is 4.79 Å². The van der Waals surface area contributed by atoms with Gasteiger partial charge in [-0.05, 0) is 43.7 Å². The predicted molar refractivity (Wildman–Crippen MR) is 74.2 cm³/mol. The molecule has 2 rings (SSSR count). The number of aromatic nitrogens is 2. The second-order valence-electron chi connectivity index (χ2n) is 4.52. The zero-order valence-corrected chi connectivity index (χ0v) is 10.9. The molecule has 100 valence electrons. The maximum absolute atomic E-state index is 11.8. The molecule has 1 aromatic heterocycles. The minimum absolute atomic E-state index is 0.0762. The van der Waals surface area contributed by atoms with Gasteiger partial charge in [-0.15, -0.1) is 0 Å². The van der Waals surface area contributed by atoms with E-state index in [0.717, 1.165) is 12.1 Å². The summed E-state index contributed by atoms with van der Waals surface area (Å²) in [5, 5.41) is 6.98. The quantitative estimate of drug-likeness (QED) is 0.850. The van der Waals surface area contributed by atoms with Crippen LogP contribution in [-0.4, -0.2) is 28.3 Å². The standard InChI is InChI=1S/C14H18N4O/c1-11(15)7-9-16-14(19)12-3-5-13(6-4-12)18-10-2-8-17-18/h2-6,8,10-11H,7,9,15H2,1H3,(H,16,19). The number of carbonyl (C=O) groups excluding carboxylic acids is 1. The summed E-state index contributed by atoms with van der Waals surface area (Å²) in [6.07, 6.45) is 4.35. The minimum Gasteiger partial charge on any atom is -0.352 e. The van der Waals surface area contributed by atoms with E-state index in [1.807, 2.05) is 31.3 Å². The summed E-state index contributed by atoms with van der Waals surface area (Å²) in [6, 6.07) is 9.27. The Morgan fingerprint density at radius 3 is 2.74 bits per heavy atom. The Morgan fingerprint density at radius 1 is 1.42 bits per heavy atom. The fraction of sp³-hybridized carbons (Fsp3) is 0.286. The lowest BCUT2D eigenvalue weighted by Gasteiger charge is -2.08. The van der Waals surface area contributed by atoms with Crippen LogP contribution in [0.25, 0.3) is 5.69 Å². The van der Waals surface area contributed by atoms with Crippen LogP contribution >= 0.6 is 0 Å². The van der Waals surface area contributed by atoms with E-state index in [1.54, 1.807) is 23.0 Å². The summed E-state index contributed by atoms with van der Waals surface area (Å²) in [4.78, 5) is 11.8. The molecule has 0 aliphatic rings. The monoisotopic (exact) mass is 258 g/mol. The Hall–Kier alpha value is -2.14. The number of nitrogens with zero attached hydrogens (tertiary/aromatic N) is 2. The summed E-state index contributed by atoms with van der Waals surface area (Å²) in [6.45, 7) is 2.52. The lowest BCUT2D eigenvalue weighted by molar-refractivity contribution is 0.0953. The highest BCUT2D eigenvalue weighted by Crippen LogP contribution is 2.08. The van der Waals surface area contributed by atoms with E-state index in [4.69, 9.17) is 5.73 Å². The van der Waals surface area contributed by atoms with Gasteiger partial charge in [0.25, 0.3) is 5.91 Å². The van der Waals surface area contributed by atoms with Gasteiger partial charge >= 0.3 is 0 Å². The van der Waals surface area contributed by atoms with E-state index in [9.17, 15) is 4.79 Å². The SMILES string of the molecule is CC(N)CCNC(=O)c1ccc(-n2cccn2)cc1. The molecule has 0 aliphatic carbocycles. The third-order valence-electron chi connectivity index (χ3n) is 2.78. The lowest BCUT2D eigenvalue weighted by Crippen LogP contribution is -2.28. The molecule has 1 aromatic carbocycles. The maximum atomic E-state index is 11.8. The Labute approximate surface area is 112 Å². The molecule has 1 atom stereocenters. The summed E-state index contributed by atoms with van der Waals surface area (Å²) >= 11 is 0. The van der Waals surface area contributed by atoms with Crippen LogP contribution in [0.1, 0.15) is 23.7 Å². The first-order valence-electron chi connectivity index (χ1n) is 6.30. The molecule has 0 fully saturated rings. The molecule has 0 saturated carbocycles. The predicted octanol–water partition coefficient (Wildman–Crippen LogP) is 1.34. The number of nitrogens with one attached hydrogen (secondary N) is 1. The molecule has 1 amide bonds. The van der Waals surface area contributed by atoms with Crippen molar-refractivity contribution in [3.63, 3.8) is 0 Å². The van der Waals surface area contributed by atoms with Gasteiger partial charge in [-0.25, -0.2) is 4.68 Å². The van der Waals surface area contributed by atoms with Gasteiger partial charge < -0.3 is 11.1 Å². The Balaban J connectivity index is 1.96. The van der Waals surface area contributed by atoms with E-state index in [0.29, 0.717) is 12.1 Å². The molecule has 1 heterocycles. The van der Waals surface area contributed by atoms with Crippen molar-refractivity contribution in [1.82, 2.24) is 15.1 Å². The molecule has 1 unspecified atom stereocenters. The van der Waals surface area contributed by atoms with Crippen LogP contribution < -0.4 is 11.1 Å². The van der Waals surface area contributed by atoms with Crippen LogP contribution in [0.5, 0.6) is 0 Å². The van der Waals surface area contributed by atoms with Gasteiger partial charge in [-0.2, -0.15) is 5.10 Å². The third-order valence-corrected chi connectivity index (χ3v) is 2.78. The third kappa shape index (κ3) is 3.66. The number of benzene rings is 1. The first-order valence-corrected chi connectivity index (χ1v) is 6.30. The molecule has 0 spiro atoms. The number of nitrogens with two attached hydrogens (primary N) is 1. The molecular formula is C14H18N4O. The van der Waals surface area contributed by atoms with E-state index < -0.39 is 0 Å². The Kier molecular flexibility index (Phi) is 4.30. The number of amides is 1. The molecule has 5 nitrogen and oxygen atoms in total. The summed E-state index contributed by atoms with van der Waals surface area (Å²) in [5.74, 6) is -0.0762. The van der Waals surface area contributed by atoms with Gasteiger partial charge in [0.1, 0.15) is 0 Å². The van der Waals surface area contributed by atoms with Crippen LogP contribution in [0.4, 0.5) is 0 Å². The number of hydrogen-bond acceptors (Lipinski definition) is 3. The van der Waals surface area contributed by atoms with Crippen LogP contribution in [0.2, 0.25) is 0 Å². The molecule has 5 heteroatoms.